The molecule has 1 aromatic rings. The Labute approximate surface area is 109 Å². The summed E-state index contributed by atoms with van der Waals surface area (Å²) in [7, 11) is 0. The minimum atomic E-state index is 0.227. The van der Waals surface area contributed by atoms with Crippen molar-refractivity contribution >= 4 is 11.6 Å². The molecule has 1 amide bonds. The number of carbonyl (C=O) groups excluding carboxylic acids is 1. The van der Waals surface area contributed by atoms with Crippen LogP contribution in [0.3, 0.4) is 0 Å². The Morgan fingerprint density at radius 1 is 1.33 bits per heavy atom. The first-order chi connectivity index (χ1) is 8.81. The molecule has 1 aliphatic heterocycles. The fourth-order valence-corrected chi connectivity index (χ4v) is 2.59. The smallest absolute Gasteiger partial charge is 0.242 e. The van der Waals surface area contributed by atoms with E-state index in [0.29, 0.717) is 12.6 Å². The molecule has 1 fully saturated rings. The summed E-state index contributed by atoms with van der Waals surface area (Å²) in [5.74, 6) is 0.227. The molecule has 0 aromatic heterocycles. The SMILES string of the molecule is CCC1CCCCN1C(=O)CNc1ccccc1. The van der Waals surface area contributed by atoms with Crippen LogP contribution in [0.25, 0.3) is 0 Å². The topological polar surface area (TPSA) is 32.3 Å². The number of nitrogens with one attached hydrogen (secondary N) is 1. The Morgan fingerprint density at radius 3 is 2.83 bits per heavy atom. The number of anilines is 1. The fourth-order valence-electron chi connectivity index (χ4n) is 2.59. The van der Waals surface area contributed by atoms with Crippen LogP contribution in [-0.2, 0) is 4.79 Å². The first-order valence-corrected chi connectivity index (χ1v) is 6.89. The van der Waals surface area contributed by atoms with Gasteiger partial charge in [-0.05, 0) is 37.8 Å². The number of rotatable bonds is 4. The highest BCUT2D eigenvalue weighted by Gasteiger charge is 2.24. The van der Waals surface area contributed by atoms with Gasteiger partial charge in [-0.3, -0.25) is 4.79 Å². The van der Waals surface area contributed by atoms with Gasteiger partial charge in [0.15, 0.2) is 0 Å². The Balaban J connectivity index is 1.87. The zero-order valence-electron chi connectivity index (χ0n) is 11.1. The predicted octanol–water partition coefficient (Wildman–Crippen LogP) is 2.89. The Hall–Kier alpha value is -1.51. The average molecular weight is 246 g/mol. The molecular weight excluding hydrogens is 224 g/mol. The molecule has 1 atom stereocenters. The van der Waals surface area contributed by atoms with Crippen LogP contribution in [0.4, 0.5) is 5.69 Å². The lowest BCUT2D eigenvalue weighted by Crippen LogP contribution is -2.45. The summed E-state index contributed by atoms with van der Waals surface area (Å²) in [6.07, 6.45) is 4.63. The van der Waals surface area contributed by atoms with Crippen molar-refractivity contribution in [2.75, 3.05) is 18.4 Å². The molecule has 98 valence electrons. The summed E-state index contributed by atoms with van der Waals surface area (Å²) >= 11 is 0. The summed E-state index contributed by atoms with van der Waals surface area (Å²) in [6, 6.07) is 10.3. The number of hydrogen-bond donors (Lipinski definition) is 1. The van der Waals surface area contributed by atoms with Crippen LogP contribution in [0.2, 0.25) is 0 Å². The van der Waals surface area contributed by atoms with E-state index in [-0.39, 0.29) is 5.91 Å². The number of hydrogen-bond acceptors (Lipinski definition) is 2. The zero-order valence-corrected chi connectivity index (χ0v) is 11.1. The van der Waals surface area contributed by atoms with Crippen LogP contribution in [0, 0.1) is 0 Å². The first kappa shape index (κ1) is 12.9. The van der Waals surface area contributed by atoms with Gasteiger partial charge >= 0.3 is 0 Å². The van der Waals surface area contributed by atoms with E-state index in [1.54, 1.807) is 0 Å². The Morgan fingerprint density at radius 2 is 2.11 bits per heavy atom. The summed E-state index contributed by atoms with van der Waals surface area (Å²) in [6.45, 7) is 3.50. The van der Waals surface area contributed by atoms with Gasteiger partial charge in [-0.25, -0.2) is 0 Å². The maximum atomic E-state index is 12.2. The second kappa shape index (κ2) is 6.43. The van der Waals surface area contributed by atoms with Gasteiger partial charge in [0.2, 0.25) is 5.91 Å². The van der Waals surface area contributed by atoms with Gasteiger partial charge in [0.1, 0.15) is 0 Å². The van der Waals surface area contributed by atoms with Crippen LogP contribution >= 0.6 is 0 Å². The van der Waals surface area contributed by atoms with Crippen molar-refractivity contribution in [3.8, 4) is 0 Å². The molecule has 1 aliphatic rings. The van der Waals surface area contributed by atoms with Gasteiger partial charge in [0, 0.05) is 18.3 Å². The lowest BCUT2D eigenvalue weighted by molar-refractivity contribution is -0.133. The summed E-state index contributed by atoms with van der Waals surface area (Å²) < 4.78 is 0. The minimum absolute atomic E-state index is 0.227. The maximum Gasteiger partial charge on any atom is 0.242 e. The number of piperidine rings is 1. The van der Waals surface area contributed by atoms with Gasteiger partial charge < -0.3 is 10.2 Å². The third-order valence-electron chi connectivity index (χ3n) is 3.64. The number of carbonyl (C=O) groups is 1. The minimum Gasteiger partial charge on any atom is -0.376 e. The molecule has 0 spiro atoms. The molecule has 0 bridgehead atoms. The van der Waals surface area contributed by atoms with E-state index in [4.69, 9.17) is 0 Å². The lowest BCUT2D eigenvalue weighted by atomic mass is 10.00. The number of likely N-dealkylation sites (tertiary alicyclic amines) is 1. The van der Waals surface area contributed by atoms with Gasteiger partial charge in [-0.15, -0.1) is 0 Å². The standard InChI is InChI=1S/C15H22N2O/c1-2-14-10-6-7-11-17(14)15(18)12-16-13-8-4-3-5-9-13/h3-5,8-9,14,16H,2,6-7,10-12H2,1H3. The largest absolute Gasteiger partial charge is 0.376 e. The molecule has 3 nitrogen and oxygen atoms in total. The van der Waals surface area contributed by atoms with E-state index >= 15 is 0 Å². The molecule has 1 aromatic carbocycles. The van der Waals surface area contributed by atoms with Gasteiger partial charge in [-0.1, -0.05) is 25.1 Å². The lowest BCUT2D eigenvalue weighted by Gasteiger charge is -2.35. The third kappa shape index (κ3) is 3.25. The van der Waals surface area contributed by atoms with E-state index in [1.807, 2.05) is 30.3 Å². The molecule has 0 aliphatic carbocycles. The number of nitrogens with zero attached hydrogens (tertiary/aromatic N) is 1. The Kier molecular flexibility index (Phi) is 4.62. The number of amides is 1. The summed E-state index contributed by atoms with van der Waals surface area (Å²) in [4.78, 5) is 14.3. The highest BCUT2D eigenvalue weighted by Crippen LogP contribution is 2.19. The first-order valence-electron chi connectivity index (χ1n) is 6.89. The molecule has 18 heavy (non-hydrogen) atoms. The number of para-hydroxylation sites is 1. The molecule has 1 heterocycles. The van der Waals surface area contributed by atoms with Crippen molar-refractivity contribution in [2.24, 2.45) is 0 Å². The third-order valence-corrected chi connectivity index (χ3v) is 3.64. The fraction of sp³-hybridized carbons (Fsp3) is 0.533. The van der Waals surface area contributed by atoms with Gasteiger partial charge in [0.25, 0.3) is 0 Å². The Bertz CT molecular complexity index is 377. The van der Waals surface area contributed by atoms with E-state index < -0.39 is 0 Å². The van der Waals surface area contributed by atoms with Crippen molar-refractivity contribution in [1.82, 2.24) is 4.90 Å². The zero-order chi connectivity index (χ0) is 12.8. The predicted molar refractivity (Wildman–Crippen MR) is 74.6 cm³/mol. The average Bonchev–Trinajstić information content (AvgIpc) is 2.45. The van der Waals surface area contributed by atoms with Gasteiger partial charge in [0.05, 0.1) is 6.54 Å². The second-order valence-electron chi connectivity index (χ2n) is 4.86. The molecule has 0 saturated carbocycles. The normalized spacial score (nSPS) is 19.6. The van der Waals surface area contributed by atoms with Crippen LogP contribution in [-0.4, -0.2) is 29.9 Å². The van der Waals surface area contributed by atoms with Crippen LogP contribution in [0.5, 0.6) is 0 Å². The molecule has 0 radical (unpaired) electrons. The van der Waals surface area contributed by atoms with E-state index in [0.717, 1.165) is 31.5 Å². The molecule has 2 rings (SSSR count). The maximum absolute atomic E-state index is 12.2. The van der Waals surface area contributed by atoms with E-state index in [2.05, 4.69) is 17.1 Å². The van der Waals surface area contributed by atoms with Gasteiger partial charge in [-0.2, -0.15) is 0 Å². The molecule has 1 unspecified atom stereocenters. The van der Waals surface area contributed by atoms with Crippen molar-refractivity contribution in [3.63, 3.8) is 0 Å². The molecular formula is C15H22N2O. The summed E-state index contributed by atoms with van der Waals surface area (Å²) in [5, 5.41) is 3.20. The molecule has 1 saturated heterocycles. The van der Waals surface area contributed by atoms with Crippen LogP contribution < -0.4 is 5.32 Å². The molecule has 3 heteroatoms. The van der Waals surface area contributed by atoms with Crippen molar-refractivity contribution in [1.29, 1.82) is 0 Å². The van der Waals surface area contributed by atoms with Crippen molar-refractivity contribution < 1.29 is 4.79 Å². The monoisotopic (exact) mass is 246 g/mol. The van der Waals surface area contributed by atoms with Crippen LogP contribution in [0.15, 0.2) is 30.3 Å². The molecule has 1 N–H and O–H groups in total. The highest BCUT2D eigenvalue weighted by atomic mass is 16.2. The van der Waals surface area contributed by atoms with Crippen molar-refractivity contribution in [3.05, 3.63) is 30.3 Å². The van der Waals surface area contributed by atoms with Crippen molar-refractivity contribution in [2.45, 2.75) is 38.6 Å². The highest BCUT2D eigenvalue weighted by molar-refractivity contribution is 5.81. The second-order valence-corrected chi connectivity index (χ2v) is 4.86. The summed E-state index contributed by atoms with van der Waals surface area (Å²) in [5.41, 5.74) is 1.01. The van der Waals surface area contributed by atoms with E-state index in [1.165, 1.54) is 6.42 Å². The van der Waals surface area contributed by atoms with E-state index in [9.17, 15) is 4.79 Å². The quantitative estimate of drug-likeness (QED) is 0.886. The van der Waals surface area contributed by atoms with Crippen LogP contribution in [0.1, 0.15) is 32.6 Å². The number of benzene rings is 1.